The molecule has 2 heterocycles. The van der Waals surface area contributed by atoms with Gasteiger partial charge in [-0.15, -0.1) is 0 Å². The Bertz CT molecular complexity index is 593. The lowest BCUT2D eigenvalue weighted by molar-refractivity contribution is 0.411. The van der Waals surface area contributed by atoms with Gasteiger partial charge < -0.3 is 5.32 Å². The van der Waals surface area contributed by atoms with Crippen molar-refractivity contribution in [3.05, 3.63) is 11.5 Å². The number of rotatable bonds is 4. The fourth-order valence-electron chi connectivity index (χ4n) is 2.84. The molecule has 1 fully saturated rings. The van der Waals surface area contributed by atoms with Crippen LogP contribution in [0.2, 0.25) is 5.28 Å². The van der Waals surface area contributed by atoms with Crippen LogP contribution in [0.4, 0.5) is 5.82 Å². The fraction of sp³-hybridized carbons (Fsp3) is 0.615. The summed E-state index contributed by atoms with van der Waals surface area (Å²) in [5.74, 6) is 0.771. The minimum Gasteiger partial charge on any atom is -0.368 e. The van der Waals surface area contributed by atoms with Crippen molar-refractivity contribution in [1.82, 2.24) is 20.2 Å². The molecule has 7 heteroatoms. The molecule has 2 aromatic rings. The highest BCUT2D eigenvalue weighted by Gasteiger charge is 2.31. The van der Waals surface area contributed by atoms with Gasteiger partial charge in [0.2, 0.25) is 5.28 Å². The van der Waals surface area contributed by atoms with E-state index in [0.717, 1.165) is 17.7 Å². The molecule has 5 nitrogen and oxygen atoms in total. The first kappa shape index (κ1) is 13.9. The first-order valence-electron chi connectivity index (χ1n) is 6.88. The molecule has 0 aliphatic heterocycles. The van der Waals surface area contributed by atoms with Crippen molar-refractivity contribution in [2.45, 2.75) is 36.9 Å². The van der Waals surface area contributed by atoms with E-state index in [9.17, 15) is 0 Å². The van der Waals surface area contributed by atoms with Gasteiger partial charge in [-0.3, -0.25) is 5.10 Å². The average Bonchev–Trinajstić information content (AvgIpc) is 2.94. The molecule has 1 aliphatic rings. The van der Waals surface area contributed by atoms with E-state index in [0.29, 0.717) is 10.4 Å². The largest absolute Gasteiger partial charge is 0.368 e. The maximum absolute atomic E-state index is 5.96. The summed E-state index contributed by atoms with van der Waals surface area (Å²) in [4.78, 5) is 8.42. The number of aromatic amines is 1. The summed E-state index contributed by atoms with van der Waals surface area (Å²) in [5.41, 5.74) is 0.675. The average molecular weight is 312 g/mol. The van der Waals surface area contributed by atoms with E-state index < -0.39 is 0 Å². The number of nitrogens with zero attached hydrogens (tertiary/aromatic N) is 3. The predicted octanol–water partition coefficient (Wildman–Crippen LogP) is 3.48. The van der Waals surface area contributed by atoms with Gasteiger partial charge in [-0.1, -0.05) is 19.3 Å². The van der Waals surface area contributed by atoms with Crippen molar-refractivity contribution in [3.8, 4) is 0 Å². The quantitative estimate of drug-likeness (QED) is 0.846. The van der Waals surface area contributed by atoms with Crippen LogP contribution in [-0.4, -0.2) is 37.7 Å². The zero-order chi connectivity index (χ0) is 14.0. The second kappa shape index (κ2) is 5.77. The van der Waals surface area contributed by atoms with Gasteiger partial charge in [0.1, 0.15) is 5.82 Å². The fourth-order valence-corrected chi connectivity index (χ4v) is 3.92. The molecule has 20 heavy (non-hydrogen) atoms. The highest BCUT2D eigenvalue weighted by molar-refractivity contribution is 8.00. The summed E-state index contributed by atoms with van der Waals surface area (Å²) < 4.78 is 0.311. The zero-order valence-corrected chi connectivity index (χ0v) is 13.0. The van der Waals surface area contributed by atoms with Crippen molar-refractivity contribution in [2.24, 2.45) is 0 Å². The van der Waals surface area contributed by atoms with Crippen molar-refractivity contribution < 1.29 is 0 Å². The predicted molar refractivity (Wildman–Crippen MR) is 84.5 cm³/mol. The summed E-state index contributed by atoms with van der Waals surface area (Å²) in [6.45, 7) is 0.905. The third-order valence-electron chi connectivity index (χ3n) is 4.06. The monoisotopic (exact) mass is 311 g/mol. The standard InChI is InChI=1S/C13H18ClN5S/c1-20-13(5-3-2-4-6-13)8-15-10-9-7-16-19-11(9)18-12(14)17-10/h7H,2-6,8H2,1H3,(H2,15,16,17,18,19). The molecule has 108 valence electrons. The number of hydrogen-bond donors (Lipinski definition) is 2. The van der Waals surface area contributed by atoms with E-state index in [2.05, 4.69) is 31.7 Å². The van der Waals surface area contributed by atoms with Crippen molar-refractivity contribution >= 4 is 40.2 Å². The highest BCUT2D eigenvalue weighted by Crippen LogP contribution is 2.38. The number of halogens is 1. The maximum Gasteiger partial charge on any atom is 0.226 e. The number of hydrogen-bond acceptors (Lipinski definition) is 5. The molecule has 0 aromatic carbocycles. The highest BCUT2D eigenvalue weighted by atomic mass is 35.5. The van der Waals surface area contributed by atoms with Crippen molar-refractivity contribution in [3.63, 3.8) is 0 Å². The molecular formula is C13H18ClN5S. The third-order valence-corrected chi connectivity index (χ3v) is 5.65. The van der Waals surface area contributed by atoms with Crippen LogP contribution in [0.5, 0.6) is 0 Å². The smallest absolute Gasteiger partial charge is 0.226 e. The van der Waals surface area contributed by atoms with E-state index in [-0.39, 0.29) is 5.28 Å². The topological polar surface area (TPSA) is 66.5 Å². The molecule has 0 spiro atoms. The minimum atomic E-state index is 0.242. The van der Waals surface area contributed by atoms with E-state index in [1.807, 2.05) is 11.8 Å². The third kappa shape index (κ3) is 2.72. The lowest BCUT2D eigenvalue weighted by Gasteiger charge is -2.36. The molecular weight excluding hydrogens is 294 g/mol. The lowest BCUT2D eigenvalue weighted by atomic mass is 9.88. The first-order chi connectivity index (χ1) is 9.72. The van der Waals surface area contributed by atoms with Gasteiger partial charge in [-0.25, -0.2) is 0 Å². The Morgan fingerprint density at radius 2 is 2.15 bits per heavy atom. The summed E-state index contributed by atoms with van der Waals surface area (Å²) in [6.07, 6.45) is 10.4. The summed E-state index contributed by atoms with van der Waals surface area (Å²) in [5, 5.41) is 11.4. The Balaban J connectivity index is 1.80. The molecule has 1 aliphatic carbocycles. The van der Waals surface area contributed by atoms with Crippen LogP contribution in [0.15, 0.2) is 6.20 Å². The van der Waals surface area contributed by atoms with Gasteiger partial charge in [0, 0.05) is 11.3 Å². The van der Waals surface area contributed by atoms with Crippen LogP contribution in [0.1, 0.15) is 32.1 Å². The number of thioether (sulfide) groups is 1. The summed E-state index contributed by atoms with van der Waals surface area (Å²) in [6, 6.07) is 0. The Labute approximate surface area is 127 Å². The van der Waals surface area contributed by atoms with E-state index >= 15 is 0 Å². The molecule has 3 rings (SSSR count). The summed E-state index contributed by atoms with van der Waals surface area (Å²) in [7, 11) is 0. The zero-order valence-electron chi connectivity index (χ0n) is 11.4. The lowest BCUT2D eigenvalue weighted by Crippen LogP contribution is -2.35. The number of aromatic nitrogens is 4. The van der Waals surface area contributed by atoms with Crippen molar-refractivity contribution in [1.29, 1.82) is 0 Å². The number of H-pyrrole nitrogens is 1. The molecule has 0 bridgehead atoms. The Morgan fingerprint density at radius 3 is 2.90 bits per heavy atom. The van der Waals surface area contributed by atoms with Crippen LogP contribution in [0.3, 0.4) is 0 Å². The van der Waals surface area contributed by atoms with Gasteiger partial charge in [-0.2, -0.15) is 26.8 Å². The number of fused-ring (bicyclic) bond motifs is 1. The van der Waals surface area contributed by atoms with Crippen LogP contribution in [-0.2, 0) is 0 Å². The van der Waals surface area contributed by atoms with Crippen LogP contribution in [0.25, 0.3) is 11.0 Å². The number of anilines is 1. The van der Waals surface area contributed by atoms with Gasteiger partial charge in [0.15, 0.2) is 5.65 Å². The minimum absolute atomic E-state index is 0.242. The van der Waals surface area contributed by atoms with E-state index in [4.69, 9.17) is 11.6 Å². The van der Waals surface area contributed by atoms with Gasteiger partial charge in [-0.05, 0) is 30.7 Å². The van der Waals surface area contributed by atoms with Gasteiger partial charge in [0.25, 0.3) is 0 Å². The summed E-state index contributed by atoms with van der Waals surface area (Å²) >= 11 is 7.92. The molecule has 0 saturated heterocycles. The molecule has 0 radical (unpaired) electrons. The molecule has 1 saturated carbocycles. The molecule has 0 unspecified atom stereocenters. The second-order valence-electron chi connectivity index (χ2n) is 5.27. The van der Waals surface area contributed by atoms with E-state index in [1.54, 1.807) is 6.20 Å². The Hall–Kier alpha value is -1.01. The van der Waals surface area contributed by atoms with Crippen LogP contribution >= 0.6 is 23.4 Å². The van der Waals surface area contributed by atoms with Crippen LogP contribution < -0.4 is 5.32 Å². The molecule has 0 atom stereocenters. The first-order valence-corrected chi connectivity index (χ1v) is 8.48. The van der Waals surface area contributed by atoms with E-state index in [1.165, 1.54) is 32.1 Å². The SMILES string of the molecule is CSC1(CNc2nc(Cl)nc3[nH]ncc23)CCCCC1. The molecule has 2 aromatic heterocycles. The molecule has 2 N–H and O–H groups in total. The van der Waals surface area contributed by atoms with Gasteiger partial charge >= 0.3 is 0 Å². The Morgan fingerprint density at radius 1 is 1.35 bits per heavy atom. The molecule has 0 amide bonds. The van der Waals surface area contributed by atoms with Gasteiger partial charge in [0.05, 0.1) is 11.6 Å². The second-order valence-corrected chi connectivity index (χ2v) is 6.89. The van der Waals surface area contributed by atoms with Crippen LogP contribution in [0, 0.1) is 0 Å². The van der Waals surface area contributed by atoms with Crippen molar-refractivity contribution in [2.75, 3.05) is 18.1 Å². The number of nitrogens with one attached hydrogen (secondary N) is 2. The normalized spacial score (nSPS) is 18.3. The Kier molecular flexibility index (Phi) is 4.03. The maximum atomic E-state index is 5.96.